The van der Waals surface area contributed by atoms with Gasteiger partial charge in [0, 0.05) is 31.6 Å². The molecule has 1 fully saturated rings. The van der Waals surface area contributed by atoms with Gasteiger partial charge in [0.05, 0.1) is 0 Å². The quantitative estimate of drug-likeness (QED) is 0.758. The summed E-state index contributed by atoms with van der Waals surface area (Å²) in [4.78, 5) is 14.0. The smallest absolute Gasteiger partial charge is 0.221 e. The molecular formula is C13H27N3O. The molecule has 0 aromatic rings. The van der Waals surface area contributed by atoms with E-state index in [1.54, 1.807) is 0 Å². The second kappa shape index (κ2) is 7.67. The Kier molecular flexibility index (Phi) is 6.52. The third-order valence-corrected chi connectivity index (χ3v) is 3.35. The first-order valence-corrected chi connectivity index (χ1v) is 6.87. The molecule has 1 heterocycles. The van der Waals surface area contributed by atoms with Gasteiger partial charge in [-0.25, -0.2) is 0 Å². The monoisotopic (exact) mass is 241 g/mol. The molecule has 1 aliphatic heterocycles. The highest BCUT2D eigenvalue weighted by Gasteiger charge is 2.20. The van der Waals surface area contributed by atoms with E-state index in [4.69, 9.17) is 5.73 Å². The molecule has 0 radical (unpaired) electrons. The van der Waals surface area contributed by atoms with Crippen LogP contribution in [-0.2, 0) is 4.79 Å². The molecule has 17 heavy (non-hydrogen) atoms. The van der Waals surface area contributed by atoms with Gasteiger partial charge in [-0.1, -0.05) is 12.8 Å². The molecule has 0 bridgehead atoms. The highest BCUT2D eigenvalue weighted by atomic mass is 16.1. The summed E-state index contributed by atoms with van der Waals surface area (Å²) in [5, 5.41) is 2.93. The minimum Gasteiger partial charge on any atom is -0.354 e. The highest BCUT2D eigenvalue weighted by Crippen LogP contribution is 2.16. The maximum atomic E-state index is 11.6. The lowest BCUT2D eigenvalue weighted by atomic mass is 10.1. The molecule has 0 aromatic heterocycles. The first-order valence-electron chi connectivity index (χ1n) is 6.87. The van der Waals surface area contributed by atoms with Crippen molar-refractivity contribution in [2.24, 2.45) is 5.73 Å². The van der Waals surface area contributed by atoms with E-state index in [0.717, 1.165) is 13.1 Å². The van der Waals surface area contributed by atoms with Crippen molar-refractivity contribution >= 4 is 5.91 Å². The van der Waals surface area contributed by atoms with E-state index in [9.17, 15) is 4.79 Å². The molecule has 1 rings (SSSR count). The number of hydrogen-bond acceptors (Lipinski definition) is 3. The number of nitrogens with zero attached hydrogens (tertiary/aromatic N) is 1. The molecule has 1 unspecified atom stereocenters. The number of nitrogens with two attached hydrogens (primary N) is 1. The van der Waals surface area contributed by atoms with Gasteiger partial charge in [0.2, 0.25) is 5.91 Å². The van der Waals surface area contributed by atoms with Gasteiger partial charge >= 0.3 is 0 Å². The molecule has 100 valence electrons. The van der Waals surface area contributed by atoms with E-state index < -0.39 is 0 Å². The molecule has 3 N–H and O–H groups in total. The summed E-state index contributed by atoms with van der Waals surface area (Å²) in [5.74, 6) is 0.153. The zero-order valence-corrected chi connectivity index (χ0v) is 11.2. The van der Waals surface area contributed by atoms with Gasteiger partial charge in [0.1, 0.15) is 0 Å². The van der Waals surface area contributed by atoms with E-state index in [1.807, 2.05) is 13.8 Å². The van der Waals surface area contributed by atoms with Gasteiger partial charge in [0.25, 0.3) is 0 Å². The Balaban J connectivity index is 2.34. The van der Waals surface area contributed by atoms with Crippen LogP contribution in [-0.4, -0.2) is 42.5 Å². The van der Waals surface area contributed by atoms with Crippen molar-refractivity contribution in [2.45, 2.75) is 58.0 Å². The number of hydrogen-bond donors (Lipinski definition) is 2. The summed E-state index contributed by atoms with van der Waals surface area (Å²) in [6.07, 6.45) is 5.58. The Bertz CT molecular complexity index is 231. The summed E-state index contributed by atoms with van der Waals surface area (Å²) < 4.78 is 0. The molecular weight excluding hydrogens is 214 g/mol. The highest BCUT2D eigenvalue weighted by molar-refractivity contribution is 5.76. The average molecular weight is 241 g/mol. The Morgan fingerprint density at radius 1 is 1.41 bits per heavy atom. The third kappa shape index (κ3) is 5.50. The van der Waals surface area contributed by atoms with Gasteiger partial charge < -0.3 is 11.1 Å². The molecule has 0 aliphatic carbocycles. The second-order valence-corrected chi connectivity index (χ2v) is 5.25. The van der Waals surface area contributed by atoms with E-state index in [1.165, 1.54) is 25.7 Å². The van der Waals surface area contributed by atoms with Crippen LogP contribution >= 0.6 is 0 Å². The predicted molar refractivity (Wildman–Crippen MR) is 70.8 cm³/mol. The Labute approximate surface area is 105 Å². The lowest BCUT2D eigenvalue weighted by molar-refractivity contribution is -0.122. The minimum absolute atomic E-state index is 0.153. The van der Waals surface area contributed by atoms with Crippen LogP contribution in [0.15, 0.2) is 0 Å². The van der Waals surface area contributed by atoms with Crippen molar-refractivity contribution in [3.05, 3.63) is 0 Å². The number of rotatable bonds is 5. The Morgan fingerprint density at radius 3 is 2.82 bits per heavy atom. The predicted octanol–water partition coefficient (Wildman–Crippen LogP) is 1.10. The van der Waals surface area contributed by atoms with Gasteiger partial charge in [-0.2, -0.15) is 0 Å². The van der Waals surface area contributed by atoms with Gasteiger partial charge in [-0.3, -0.25) is 9.69 Å². The van der Waals surface area contributed by atoms with Crippen LogP contribution in [0.3, 0.4) is 0 Å². The number of carbonyl (C=O) groups excluding carboxylic acids is 1. The second-order valence-electron chi connectivity index (χ2n) is 5.25. The van der Waals surface area contributed by atoms with E-state index >= 15 is 0 Å². The summed E-state index contributed by atoms with van der Waals surface area (Å²) in [7, 11) is 0. The fourth-order valence-electron chi connectivity index (χ4n) is 2.44. The minimum atomic E-state index is 0.153. The molecule has 0 aromatic carbocycles. The molecule has 4 heteroatoms. The van der Waals surface area contributed by atoms with Crippen LogP contribution in [0.2, 0.25) is 0 Å². The zero-order chi connectivity index (χ0) is 12.7. The fraction of sp³-hybridized carbons (Fsp3) is 0.923. The maximum absolute atomic E-state index is 11.6. The van der Waals surface area contributed by atoms with Crippen molar-refractivity contribution in [1.82, 2.24) is 10.2 Å². The maximum Gasteiger partial charge on any atom is 0.221 e. The number of likely N-dealkylation sites (tertiary alicyclic amines) is 1. The average Bonchev–Trinajstić information content (AvgIpc) is 2.49. The topological polar surface area (TPSA) is 58.4 Å². The van der Waals surface area contributed by atoms with Crippen LogP contribution < -0.4 is 11.1 Å². The fourth-order valence-corrected chi connectivity index (χ4v) is 2.44. The zero-order valence-electron chi connectivity index (χ0n) is 11.2. The van der Waals surface area contributed by atoms with Crippen molar-refractivity contribution in [3.63, 3.8) is 0 Å². The van der Waals surface area contributed by atoms with E-state index in [0.29, 0.717) is 19.0 Å². The first kappa shape index (κ1) is 14.5. The summed E-state index contributed by atoms with van der Waals surface area (Å²) in [6, 6.07) is 0.710. The molecule has 1 aliphatic rings. The van der Waals surface area contributed by atoms with Gasteiger partial charge in [-0.05, 0) is 33.2 Å². The molecule has 0 spiro atoms. The van der Waals surface area contributed by atoms with Crippen LogP contribution in [0.25, 0.3) is 0 Å². The Hall–Kier alpha value is -0.610. The van der Waals surface area contributed by atoms with Crippen LogP contribution in [0.4, 0.5) is 0 Å². The number of amides is 1. The lowest BCUT2D eigenvalue weighted by Crippen LogP contribution is -2.42. The molecule has 4 nitrogen and oxygen atoms in total. The van der Waals surface area contributed by atoms with Crippen molar-refractivity contribution in [2.75, 3.05) is 19.6 Å². The van der Waals surface area contributed by atoms with Crippen molar-refractivity contribution in [3.8, 4) is 0 Å². The first-order chi connectivity index (χ1) is 8.13. The molecule has 1 saturated heterocycles. The molecule has 1 amide bonds. The van der Waals surface area contributed by atoms with Crippen LogP contribution in [0, 0.1) is 0 Å². The summed E-state index contributed by atoms with van der Waals surface area (Å²) >= 11 is 0. The van der Waals surface area contributed by atoms with E-state index in [-0.39, 0.29) is 11.9 Å². The summed E-state index contributed by atoms with van der Waals surface area (Å²) in [6.45, 7) is 6.64. The largest absolute Gasteiger partial charge is 0.354 e. The van der Waals surface area contributed by atoms with E-state index in [2.05, 4.69) is 10.2 Å². The van der Waals surface area contributed by atoms with Crippen molar-refractivity contribution < 1.29 is 4.79 Å². The molecule has 0 saturated carbocycles. The standard InChI is InChI=1S/C13H27N3O/c1-11(2)15-13(17)7-9-16-8-5-3-4-6-12(16)10-14/h11-12H,3-10,14H2,1-2H3,(H,15,17). The molecule has 1 atom stereocenters. The normalized spacial score (nSPS) is 22.5. The van der Waals surface area contributed by atoms with Gasteiger partial charge in [0.15, 0.2) is 0 Å². The van der Waals surface area contributed by atoms with Crippen LogP contribution in [0.1, 0.15) is 46.0 Å². The SMILES string of the molecule is CC(C)NC(=O)CCN1CCCCCC1CN. The lowest BCUT2D eigenvalue weighted by Gasteiger charge is -2.28. The Morgan fingerprint density at radius 2 is 2.18 bits per heavy atom. The third-order valence-electron chi connectivity index (χ3n) is 3.35. The summed E-state index contributed by atoms with van der Waals surface area (Å²) in [5.41, 5.74) is 5.81. The van der Waals surface area contributed by atoms with Gasteiger partial charge in [-0.15, -0.1) is 0 Å². The van der Waals surface area contributed by atoms with Crippen molar-refractivity contribution in [1.29, 1.82) is 0 Å². The number of carbonyl (C=O) groups is 1. The van der Waals surface area contributed by atoms with Crippen LogP contribution in [0.5, 0.6) is 0 Å². The number of nitrogens with one attached hydrogen (secondary N) is 1.